The standard InChI is InChI=1S/C18H32N2O2/c1-5-22-16(21)19-8-6-14(7-9-19)20-13-18(4)11-15(20)10-17(2,3)12-18/h14-15H,5-13H2,1-4H3. The van der Waals surface area contributed by atoms with Crippen LogP contribution in [-0.2, 0) is 4.74 Å². The quantitative estimate of drug-likeness (QED) is 0.782. The van der Waals surface area contributed by atoms with Gasteiger partial charge < -0.3 is 9.64 Å². The highest BCUT2D eigenvalue weighted by Gasteiger charge is 2.51. The van der Waals surface area contributed by atoms with Gasteiger partial charge in [0.05, 0.1) is 6.61 Å². The van der Waals surface area contributed by atoms with Gasteiger partial charge in [-0.1, -0.05) is 20.8 Å². The Morgan fingerprint density at radius 3 is 2.45 bits per heavy atom. The normalized spacial score (nSPS) is 35.6. The lowest BCUT2D eigenvalue weighted by Gasteiger charge is -2.41. The highest BCUT2D eigenvalue weighted by atomic mass is 16.6. The highest BCUT2D eigenvalue weighted by Crippen LogP contribution is 2.53. The van der Waals surface area contributed by atoms with Crippen LogP contribution in [0.25, 0.3) is 0 Å². The fourth-order valence-electron chi connectivity index (χ4n) is 5.53. The largest absolute Gasteiger partial charge is 0.450 e. The molecule has 22 heavy (non-hydrogen) atoms. The van der Waals surface area contributed by atoms with E-state index in [1.807, 2.05) is 11.8 Å². The molecule has 2 heterocycles. The number of fused-ring (bicyclic) bond motifs is 2. The monoisotopic (exact) mass is 308 g/mol. The topological polar surface area (TPSA) is 32.8 Å². The fraction of sp³-hybridized carbons (Fsp3) is 0.944. The first-order chi connectivity index (χ1) is 10.3. The van der Waals surface area contributed by atoms with Crippen LogP contribution in [0.3, 0.4) is 0 Å². The average Bonchev–Trinajstić information content (AvgIpc) is 2.68. The summed E-state index contributed by atoms with van der Waals surface area (Å²) < 4.78 is 5.13. The van der Waals surface area contributed by atoms with Gasteiger partial charge in [0.25, 0.3) is 0 Å². The molecule has 0 spiro atoms. The first-order valence-electron chi connectivity index (χ1n) is 8.99. The third-order valence-electron chi connectivity index (χ3n) is 5.91. The summed E-state index contributed by atoms with van der Waals surface area (Å²) in [5.74, 6) is 0. The molecule has 4 heteroatoms. The van der Waals surface area contributed by atoms with Crippen LogP contribution in [0.1, 0.15) is 59.8 Å². The fourth-order valence-corrected chi connectivity index (χ4v) is 5.53. The molecule has 3 rings (SSSR count). The number of rotatable bonds is 2. The number of piperidine rings is 1. The number of hydrogen-bond donors (Lipinski definition) is 0. The molecule has 2 aliphatic heterocycles. The number of carbonyl (C=O) groups is 1. The van der Waals surface area contributed by atoms with E-state index in [0.29, 0.717) is 23.5 Å². The van der Waals surface area contributed by atoms with Gasteiger partial charge in [-0.3, -0.25) is 4.90 Å². The maximum atomic E-state index is 11.8. The van der Waals surface area contributed by atoms with E-state index in [1.54, 1.807) is 0 Å². The summed E-state index contributed by atoms with van der Waals surface area (Å²) >= 11 is 0. The Balaban J connectivity index is 1.59. The molecule has 2 bridgehead atoms. The van der Waals surface area contributed by atoms with Gasteiger partial charge in [0.2, 0.25) is 0 Å². The maximum absolute atomic E-state index is 11.8. The second kappa shape index (κ2) is 5.70. The number of likely N-dealkylation sites (tertiary alicyclic amines) is 2. The minimum atomic E-state index is -0.130. The maximum Gasteiger partial charge on any atom is 0.409 e. The third-order valence-corrected chi connectivity index (χ3v) is 5.91. The minimum Gasteiger partial charge on any atom is -0.450 e. The van der Waals surface area contributed by atoms with Gasteiger partial charge in [-0.15, -0.1) is 0 Å². The van der Waals surface area contributed by atoms with Crippen LogP contribution in [0.2, 0.25) is 0 Å². The summed E-state index contributed by atoms with van der Waals surface area (Å²) in [6.45, 7) is 12.7. The summed E-state index contributed by atoms with van der Waals surface area (Å²) in [6, 6.07) is 1.42. The lowest BCUT2D eigenvalue weighted by molar-refractivity contribution is 0.0653. The predicted molar refractivity (Wildman–Crippen MR) is 87.9 cm³/mol. The van der Waals surface area contributed by atoms with Crippen molar-refractivity contribution >= 4 is 6.09 Å². The molecule has 3 fully saturated rings. The SMILES string of the molecule is CCOC(=O)N1CCC(N2CC3(C)CC2CC(C)(C)C3)CC1. The Kier molecular flexibility index (Phi) is 4.17. The highest BCUT2D eigenvalue weighted by molar-refractivity contribution is 5.67. The zero-order valence-corrected chi connectivity index (χ0v) is 14.7. The lowest BCUT2D eigenvalue weighted by atomic mass is 9.65. The van der Waals surface area contributed by atoms with Crippen LogP contribution >= 0.6 is 0 Å². The molecule has 2 unspecified atom stereocenters. The van der Waals surface area contributed by atoms with E-state index in [9.17, 15) is 4.79 Å². The van der Waals surface area contributed by atoms with Crippen molar-refractivity contribution in [2.75, 3.05) is 26.2 Å². The number of carbonyl (C=O) groups excluding carboxylic acids is 1. The van der Waals surface area contributed by atoms with Gasteiger partial charge >= 0.3 is 6.09 Å². The molecular formula is C18H32N2O2. The van der Waals surface area contributed by atoms with Crippen molar-refractivity contribution in [1.82, 2.24) is 9.80 Å². The molecule has 0 aromatic carbocycles. The molecule has 4 nitrogen and oxygen atoms in total. The molecule has 1 saturated carbocycles. The van der Waals surface area contributed by atoms with E-state index in [0.717, 1.165) is 32.0 Å². The molecule has 2 atom stereocenters. The van der Waals surface area contributed by atoms with Crippen molar-refractivity contribution in [3.63, 3.8) is 0 Å². The summed E-state index contributed by atoms with van der Waals surface area (Å²) in [7, 11) is 0. The van der Waals surface area contributed by atoms with Crippen molar-refractivity contribution in [2.45, 2.75) is 71.9 Å². The number of ether oxygens (including phenoxy) is 1. The second-order valence-corrected chi connectivity index (χ2v) is 8.80. The zero-order chi connectivity index (χ0) is 16.0. The van der Waals surface area contributed by atoms with Crippen molar-refractivity contribution in [3.05, 3.63) is 0 Å². The molecule has 2 saturated heterocycles. The van der Waals surface area contributed by atoms with Crippen molar-refractivity contribution in [2.24, 2.45) is 10.8 Å². The van der Waals surface area contributed by atoms with E-state index in [1.165, 1.54) is 25.8 Å². The summed E-state index contributed by atoms with van der Waals surface area (Å²) in [5, 5.41) is 0. The third kappa shape index (κ3) is 3.12. The van der Waals surface area contributed by atoms with Crippen LogP contribution in [-0.4, -0.2) is 54.2 Å². The summed E-state index contributed by atoms with van der Waals surface area (Å²) in [4.78, 5) is 16.5. The predicted octanol–water partition coefficient (Wildman–Crippen LogP) is 3.51. The molecule has 1 amide bonds. The molecule has 1 aliphatic carbocycles. The lowest BCUT2D eigenvalue weighted by Crippen LogP contribution is -2.48. The first kappa shape index (κ1) is 16.1. The number of nitrogens with zero attached hydrogens (tertiary/aromatic N) is 2. The van der Waals surface area contributed by atoms with Crippen molar-refractivity contribution in [1.29, 1.82) is 0 Å². The molecule has 3 aliphatic rings. The second-order valence-electron chi connectivity index (χ2n) is 8.80. The van der Waals surface area contributed by atoms with E-state index < -0.39 is 0 Å². The van der Waals surface area contributed by atoms with Gasteiger partial charge in [0.15, 0.2) is 0 Å². The number of hydrogen-bond acceptors (Lipinski definition) is 3. The molecule has 0 aromatic rings. The summed E-state index contributed by atoms with van der Waals surface area (Å²) in [6.07, 6.45) is 6.14. The Labute approximate surface area is 135 Å². The van der Waals surface area contributed by atoms with Crippen LogP contribution in [0.4, 0.5) is 4.79 Å². The van der Waals surface area contributed by atoms with E-state index in [4.69, 9.17) is 4.74 Å². The smallest absolute Gasteiger partial charge is 0.409 e. The van der Waals surface area contributed by atoms with Gasteiger partial charge in [0.1, 0.15) is 0 Å². The van der Waals surface area contributed by atoms with E-state index >= 15 is 0 Å². The molecule has 0 radical (unpaired) electrons. The first-order valence-corrected chi connectivity index (χ1v) is 8.99. The Morgan fingerprint density at radius 2 is 1.82 bits per heavy atom. The molecule has 0 N–H and O–H groups in total. The Hall–Kier alpha value is -0.770. The van der Waals surface area contributed by atoms with Gasteiger partial charge in [-0.2, -0.15) is 0 Å². The van der Waals surface area contributed by atoms with Crippen LogP contribution < -0.4 is 0 Å². The molecule has 126 valence electrons. The van der Waals surface area contributed by atoms with Crippen LogP contribution in [0.5, 0.6) is 0 Å². The van der Waals surface area contributed by atoms with Crippen molar-refractivity contribution in [3.8, 4) is 0 Å². The van der Waals surface area contributed by atoms with Crippen LogP contribution in [0, 0.1) is 10.8 Å². The van der Waals surface area contributed by atoms with Crippen molar-refractivity contribution < 1.29 is 9.53 Å². The van der Waals surface area contributed by atoms with Gasteiger partial charge in [0, 0.05) is 31.7 Å². The number of amides is 1. The van der Waals surface area contributed by atoms with E-state index in [-0.39, 0.29) is 6.09 Å². The van der Waals surface area contributed by atoms with Gasteiger partial charge in [-0.25, -0.2) is 4.79 Å². The Bertz CT molecular complexity index is 429. The van der Waals surface area contributed by atoms with Crippen LogP contribution in [0.15, 0.2) is 0 Å². The molecule has 0 aromatic heterocycles. The van der Waals surface area contributed by atoms with Gasteiger partial charge in [-0.05, 0) is 49.9 Å². The average molecular weight is 308 g/mol. The van der Waals surface area contributed by atoms with E-state index in [2.05, 4.69) is 25.7 Å². The Morgan fingerprint density at radius 1 is 1.14 bits per heavy atom. The minimum absolute atomic E-state index is 0.130. The summed E-state index contributed by atoms with van der Waals surface area (Å²) in [5.41, 5.74) is 0.989. The molecular weight excluding hydrogens is 276 g/mol. The zero-order valence-electron chi connectivity index (χ0n) is 14.7.